The van der Waals surface area contributed by atoms with E-state index in [1.807, 2.05) is 12.1 Å². The summed E-state index contributed by atoms with van der Waals surface area (Å²) in [5.74, 6) is 0. The zero-order valence-electron chi connectivity index (χ0n) is 15.7. The normalized spacial score (nSPS) is 24.9. The molecule has 1 saturated carbocycles. The summed E-state index contributed by atoms with van der Waals surface area (Å²) >= 11 is 6.13. The summed E-state index contributed by atoms with van der Waals surface area (Å²) in [4.78, 5) is 13.0. The lowest BCUT2D eigenvalue weighted by molar-refractivity contribution is 0.104. The number of carboxylic acid groups (broad SMARTS) is 1. The number of hydrogen-bond donors (Lipinski definition) is 2. The van der Waals surface area contributed by atoms with Gasteiger partial charge in [0.15, 0.2) is 0 Å². The van der Waals surface area contributed by atoms with Crippen molar-refractivity contribution in [2.24, 2.45) is 0 Å². The van der Waals surface area contributed by atoms with E-state index >= 15 is 0 Å². The summed E-state index contributed by atoms with van der Waals surface area (Å²) in [6.45, 7) is 1.13. The predicted molar refractivity (Wildman–Crippen MR) is 107 cm³/mol. The Morgan fingerprint density at radius 1 is 1.04 bits per heavy atom. The third-order valence-electron chi connectivity index (χ3n) is 6.22. The van der Waals surface area contributed by atoms with E-state index in [-0.39, 0.29) is 6.04 Å². The van der Waals surface area contributed by atoms with E-state index in [1.54, 1.807) is 0 Å². The minimum Gasteiger partial charge on any atom is -0.465 e. The van der Waals surface area contributed by atoms with Crippen LogP contribution < -0.4 is 5.43 Å². The zero-order chi connectivity index (χ0) is 18.8. The molecule has 2 N–H and O–H groups in total. The maximum atomic E-state index is 11.4. The van der Waals surface area contributed by atoms with E-state index in [0.29, 0.717) is 19.1 Å². The third-order valence-corrected chi connectivity index (χ3v) is 6.47. The van der Waals surface area contributed by atoms with Crippen LogP contribution in [0.3, 0.4) is 0 Å². The summed E-state index contributed by atoms with van der Waals surface area (Å²) < 4.78 is 0. The lowest BCUT2D eigenvalue weighted by Gasteiger charge is -2.35. The van der Waals surface area contributed by atoms with Crippen molar-refractivity contribution >= 4 is 17.7 Å². The fraction of sp³-hybridized carbons (Fsp3) is 0.571. The molecule has 3 aliphatic rings. The highest BCUT2D eigenvalue weighted by atomic mass is 35.5. The number of hydrogen-bond acceptors (Lipinski definition) is 3. The smallest absolute Gasteiger partial charge is 0.407 e. The maximum Gasteiger partial charge on any atom is 0.407 e. The first-order chi connectivity index (χ1) is 13.1. The van der Waals surface area contributed by atoms with Gasteiger partial charge in [-0.1, -0.05) is 49.4 Å². The monoisotopic (exact) mass is 389 g/mol. The molecule has 27 heavy (non-hydrogen) atoms. The Kier molecular flexibility index (Phi) is 5.60. The van der Waals surface area contributed by atoms with E-state index in [0.717, 1.165) is 17.9 Å². The van der Waals surface area contributed by atoms with Crippen molar-refractivity contribution in [3.05, 3.63) is 46.1 Å². The highest BCUT2D eigenvalue weighted by molar-refractivity contribution is 6.30. The van der Waals surface area contributed by atoms with Crippen LogP contribution in [0.5, 0.6) is 0 Å². The average molecular weight is 390 g/mol. The molecule has 6 heteroatoms. The molecule has 1 unspecified atom stereocenters. The van der Waals surface area contributed by atoms with Crippen molar-refractivity contribution in [2.45, 2.75) is 63.5 Å². The maximum absolute atomic E-state index is 11.4. The van der Waals surface area contributed by atoms with Gasteiger partial charge in [0.05, 0.1) is 6.04 Å². The first-order valence-corrected chi connectivity index (χ1v) is 10.5. The topological polar surface area (TPSA) is 55.8 Å². The molecule has 0 radical (unpaired) electrons. The number of hydrazine groups is 1. The quantitative estimate of drug-likeness (QED) is 0.702. The number of amides is 1. The van der Waals surface area contributed by atoms with Crippen LogP contribution in [0.1, 0.15) is 63.0 Å². The summed E-state index contributed by atoms with van der Waals surface area (Å²) in [6, 6.07) is 8.86. The van der Waals surface area contributed by atoms with Crippen LogP contribution in [0.25, 0.3) is 0 Å². The van der Waals surface area contributed by atoms with Gasteiger partial charge < -0.3 is 15.4 Å². The van der Waals surface area contributed by atoms with Gasteiger partial charge in [-0.3, -0.25) is 0 Å². The molecule has 1 fully saturated rings. The molecule has 1 aliphatic carbocycles. The fourth-order valence-corrected chi connectivity index (χ4v) is 4.91. The van der Waals surface area contributed by atoms with Gasteiger partial charge in [-0.2, -0.15) is 0 Å². The summed E-state index contributed by atoms with van der Waals surface area (Å²) in [5, 5.41) is 12.6. The predicted octanol–water partition coefficient (Wildman–Crippen LogP) is 4.95. The number of nitrogens with one attached hydrogen (secondary N) is 1. The molecule has 1 aromatic carbocycles. The Bertz CT molecular complexity index is 711. The fourth-order valence-electron chi connectivity index (χ4n) is 4.78. The van der Waals surface area contributed by atoms with E-state index in [2.05, 4.69) is 22.6 Å². The van der Waals surface area contributed by atoms with Crippen LogP contribution in [0.2, 0.25) is 5.02 Å². The molecule has 1 aromatic rings. The van der Waals surface area contributed by atoms with Gasteiger partial charge >= 0.3 is 6.09 Å². The molecule has 1 atom stereocenters. The van der Waals surface area contributed by atoms with Gasteiger partial charge in [-0.25, -0.2) is 9.80 Å². The number of carbonyl (C=O) groups is 1. The molecule has 0 bridgehead atoms. The molecule has 0 spiro atoms. The second-order valence-electron chi connectivity index (χ2n) is 7.89. The molecule has 1 amide bonds. The number of nitrogens with zero attached hydrogens (tertiary/aromatic N) is 2. The van der Waals surface area contributed by atoms with Crippen LogP contribution in [-0.4, -0.2) is 40.2 Å². The van der Waals surface area contributed by atoms with Crippen LogP contribution in [-0.2, 0) is 0 Å². The third kappa shape index (κ3) is 3.94. The van der Waals surface area contributed by atoms with Gasteiger partial charge in [0.2, 0.25) is 0 Å². The molecule has 5 nitrogen and oxygen atoms in total. The van der Waals surface area contributed by atoms with E-state index in [1.165, 1.54) is 60.3 Å². The van der Waals surface area contributed by atoms with Crippen molar-refractivity contribution in [2.75, 3.05) is 13.1 Å². The molecule has 2 heterocycles. The molecule has 4 rings (SSSR count). The summed E-state index contributed by atoms with van der Waals surface area (Å²) in [7, 11) is 0. The van der Waals surface area contributed by atoms with Crippen molar-refractivity contribution in [3.63, 3.8) is 0 Å². The number of rotatable bonds is 2. The first-order valence-electron chi connectivity index (χ1n) is 10.1. The van der Waals surface area contributed by atoms with Crippen LogP contribution >= 0.6 is 11.6 Å². The molecular formula is C21H28ClN3O2. The largest absolute Gasteiger partial charge is 0.465 e. The van der Waals surface area contributed by atoms with Gasteiger partial charge in [-0.05, 0) is 42.5 Å². The first kappa shape index (κ1) is 18.6. The molecule has 0 aromatic heterocycles. The van der Waals surface area contributed by atoms with Crippen molar-refractivity contribution in [3.8, 4) is 0 Å². The van der Waals surface area contributed by atoms with Gasteiger partial charge in [0.1, 0.15) is 0 Å². The molecule has 0 saturated heterocycles. The molecular weight excluding hydrogens is 362 g/mol. The van der Waals surface area contributed by atoms with Crippen LogP contribution in [0.15, 0.2) is 35.5 Å². The number of benzene rings is 1. The van der Waals surface area contributed by atoms with Crippen molar-refractivity contribution in [1.29, 1.82) is 0 Å². The van der Waals surface area contributed by atoms with E-state index in [4.69, 9.17) is 11.6 Å². The van der Waals surface area contributed by atoms with Crippen LogP contribution in [0, 0.1) is 0 Å². The average Bonchev–Trinajstić information content (AvgIpc) is 2.86. The van der Waals surface area contributed by atoms with Gasteiger partial charge in [-0.15, -0.1) is 0 Å². The second-order valence-corrected chi connectivity index (χ2v) is 8.33. The van der Waals surface area contributed by atoms with Crippen molar-refractivity contribution in [1.82, 2.24) is 15.3 Å². The Labute approximate surface area is 165 Å². The summed E-state index contributed by atoms with van der Waals surface area (Å²) in [5.41, 5.74) is 7.53. The zero-order valence-corrected chi connectivity index (χ0v) is 16.4. The number of halogens is 1. The lowest BCUT2D eigenvalue weighted by atomic mass is 9.93. The molecule has 2 aliphatic heterocycles. The van der Waals surface area contributed by atoms with E-state index in [9.17, 15) is 9.90 Å². The molecule has 146 valence electrons. The van der Waals surface area contributed by atoms with Gasteiger partial charge in [0, 0.05) is 36.3 Å². The Morgan fingerprint density at radius 3 is 2.37 bits per heavy atom. The Morgan fingerprint density at radius 2 is 1.70 bits per heavy atom. The SMILES string of the molecule is O=C(O)N1CCC2=C(CC1)C(c1ccc(Cl)cc1)N(C1CCCCCC1)N2. The Hall–Kier alpha value is -1.72. The Balaban J connectivity index is 1.63. The minimum absolute atomic E-state index is 0.175. The van der Waals surface area contributed by atoms with E-state index < -0.39 is 6.09 Å². The van der Waals surface area contributed by atoms with Crippen LogP contribution in [0.4, 0.5) is 4.79 Å². The summed E-state index contributed by atoms with van der Waals surface area (Å²) in [6.07, 6.45) is 8.40. The highest BCUT2D eigenvalue weighted by Crippen LogP contribution is 2.42. The van der Waals surface area contributed by atoms with Gasteiger partial charge in [0.25, 0.3) is 0 Å². The minimum atomic E-state index is -0.820. The highest BCUT2D eigenvalue weighted by Gasteiger charge is 2.39. The second kappa shape index (κ2) is 8.11. The van der Waals surface area contributed by atoms with Crippen molar-refractivity contribution < 1.29 is 9.90 Å². The lowest BCUT2D eigenvalue weighted by Crippen LogP contribution is -2.44. The standard InChI is InChI=1S/C21H28ClN3O2/c22-16-9-7-15(8-10-16)20-18-11-13-24(21(26)27)14-12-19(18)23-25(20)17-5-3-1-2-4-6-17/h7-10,17,20,23H,1-6,11-14H2,(H,26,27).